The predicted octanol–water partition coefficient (Wildman–Crippen LogP) is 2.28. The number of rotatable bonds is 2. The van der Waals surface area contributed by atoms with Gasteiger partial charge in [0.05, 0.1) is 23.9 Å². The molecular formula is C17H18F3N5O2. The molecule has 0 unspecified atom stereocenters. The Morgan fingerprint density at radius 1 is 1.30 bits per heavy atom. The highest BCUT2D eigenvalue weighted by Crippen LogP contribution is 2.49. The molecule has 0 aliphatic carbocycles. The fourth-order valence-electron chi connectivity index (χ4n) is 3.87. The molecule has 1 fully saturated rings. The molecule has 2 aliphatic rings. The van der Waals surface area contributed by atoms with Crippen LogP contribution in [0.3, 0.4) is 0 Å². The van der Waals surface area contributed by atoms with E-state index in [1.807, 2.05) is 12.1 Å². The third-order valence-electron chi connectivity index (χ3n) is 5.27. The average molecular weight is 381 g/mol. The summed E-state index contributed by atoms with van der Waals surface area (Å²) in [6.07, 6.45) is -1.44. The van der Waals surface area contributed by atoms with Crippen molar-refractivity contribution in [2.24, 2.45) is 0 Å². The standard InChI is InChI=1S/C17H18F3N5O2/c18-17(19,20)16(27)8-12(26)22-15-13(16)14(23-24-15)10-3-6-25(7-4-10)11-2-1-5-21-9-11/h1-2,5,9-10,27H,3-4,6-8H2,(H2,22,23,24,26)/t16-/m1/s1. The second kappa shape index (κ2) is 6.22. The van der Waals surface area contributed by atoms with Gasteiger partial charge in [0.25, 0.3) is 0 Å². The van der Waals surface area contributed by atoms with Crippen molar-refractivity contribution < 1.29 is 23.1 Å². The number of anilines is 2. The van der Waals surface area contributed by atoms with E-state index < -0.39 is 24.1 Å². The van der Waals surface area contributed by atoms with Gasteiger partial charge in [0, 0.05) is 30.9 Å². The number of carbonyl (C=O) groups is 1. The number of nitrogens with zero attached hydrogens (tertiary/aromatic N) is 3. The van der Waals surface area contributed by atoms with Gasteiger partial charge in [0.2, 0.25) is 5.91 Å². The van der Waals surface area contributed by atoms with Gasteiger partial charge in [-0.3, -0.25) is 14.9 Å². The molecule has 0 bridgehead atoms. The van der Waals surface area contributed by atoms with Gasteiger partial charge in [-0.15, -0.1) is 0 Å². The second-order valence-electron chi connectivity index (χ2n) is 6.92. The topological polar surface area (TPSA) is 94.1 Å². The number of H-pyrrole nitrogens is 1. The van der Waals surface area contributed by atoms with Gasteiger partial charge in [0.1, 0.15) is 0 Å². The van der Waals surface area contributed by atoms with E-state index in [0.29, 0.717) is 25.9 Å². The van der Waals surface area contributed by atoms with Crippen LogP contribution < -0.4 is 10.2 Å². The highest BCUT2D eigenvalue weighted by atomic mass is 19.4. The molecule has 10 heteroatoms. The Morgan fingerprint density at radius 3 is 2.67 bits per heavy atom. The van der Waals surface area contributed by atoms with Crippen LogP contribution in [0.5, 0.6) is 0 Å². The van der Waals surface area contributed by atoms with Gasteiger partial charge in [0.15, 0.2) is 11.4 Å². The minimum Gasteiger partial charge on any atom is -0.376 e. The first-order chi connectivity index (χ1) is 12.8. The molecule has 2 aromatic rings. The van der Waals surface area contributed by atoms with E-state index in [0.717, 1.165) is 5.69 Å². The van der Waals surface area contributed by atoms with E-state index in [2.05, 4.69) is 25.4 Å². The molecule has 27 heavy (non-hydrogen) atoms. The summed E-state index contributed by atoms with van der Waals surface area (Å²) >= 11 is 0. The highest BCUT2D eigenvalue weighted by Gasteiger charge is 2.61. The molecule has 1 amide bonds. The molecule has 7 nitrogen and oxygen atoms in total. The summed E-state index contributed by atoms with van der Waals surface area (Å²) in [4.78, 5) is 17.8. The van der Waals surface area contributed by atoms with Crippen LogP contribution in [0.15, 0.2) is 24.5 Å². The summed E-state index contributed by atoms with van der Waals surface area (Å²) in [5.41, 5.74) is -2.38. The molecule has 2 aliphatic heterocycles. The number of aromatic amines is 1. The summed E-state index contributed by atoms with van der Waals surface area (Å²) in [6.45, 7) is 1.28. The lowest BCUT2D eigenvalue weighted by atomic mass is 9.81. The van der Waals surface area contributed by atoms with Crippen molar-refractivity contribution in [1.29, 1.82) is 0 Å². The summed E-state index contributed by atoms with van der Waals surface area (Å²) in [5, 5.41) is 19.2. The number of fused-ring (bicyclic) bond motifs is 1. The lowest BCUT2D eigenvalue weighted by molar-refractivity contribution is -0.267. The lowest BCUT2D eigenvalue weighted by Gasteiger charge is -2.37. The lowest BCUT2D eigenvalue weighted by Crippen LogP contribution is -2.48. The molecule has 1 saturated heterocycles. The molecule has 0 radical (unpaired) electrons. The number of carbonyl (C=O) groups excluding carboxylic acids is 1. The molecule has 2 aromatic heterocycles. The Kier molecular flexibility index (Phi) is 4.10. The average Bonchev–Trinajstić information content (AvgIpc) is 3.06. The van der Waals surface area contributed by atoms with Crippen molar-refractivity contribution in [2.45, 2.75) is 37.0 Å². The van der Waals surface area contributed by atoms with Crippen molar-refractivity contribution in [3.8, 4) is 0 Å². The van der Waals surface area contributed by atoms with E-state index in [9.17, 15) is 23.1 Å². The molecular weight excluding hydrogens is 363 g/mol. The van der Waals surface area contributed by atoms with Crippen LogP contribution in [0, 0.1) is 0 Å². The van der Waals surface area contributed by atoms with E-state index in [1.165, 1.54) is 0 Å². The number of aliphatic hydroxyl groups is 1. The maximum absolute atomic E-state index is 13.6. The number of halogens is 3. The fraction of sp³-hybridized carbons (Fsp3) is 0.471. The molecule has 1 atom stereocenters. The quantitative estimate of drug-likeness (QED) is 0.742. The fourth-order valence-corrected chi connectivity index (χ4v) is 3.87. The molecule has 0 spiro atoms. The van der Waals surface area contributed by atoms with Crippen molar-refractivity contribution >= 4 is 17.4 Å². The predicted molar refractivity (Wildman–Crippen MR) is 90.2 cm³/mol. The zero-order valence-corrected chi connectivity index (χ0v) is 14.3. The molecule has 144 valence electrons. The number of pyridine rings is 1. The first-order valence-electron chi connectivity index (χ1n) is 8.62. The van der Waals surface area contributed by atoms with E-state index in [-0.39, 0.29) is 23.0 Å². The van der Waals surface area contributed by atoms with Gasteiger partial charge in [-0.2, -0.15) is 18.3 Å². The Bertz CT molecular complexity index is 846. The van der Waals surface area contributed by atoms with Gasteiger partial charge in [-0.1, -0.05) is 0 Å². The van der Waals surface area contributed by atoms with Crippen LogP contribution in [0.4, 0.5) is 24.7 Å². The van der Waals surface area contributed by atoms with Gasteiger partial charge in [-0.25, -0.2) is 0 Å². The number of amides is 1. The van der Waals surface area contributed by atoms with Crippen LogP contribution in [0.25, 0.3) is 0 Å². The Morgan fingerprint density at radius 2 is 2.04 bits per heavy atom. The largest absolute Gasteiger partial charge is 0.422 e. The van der Waals surface area contributed by atoms with Crippen molar-refractivity contribution in [3.63, 3.8) is 0 Å². The number of piperidine rings is 1. The maximum Gasteiger partial charge on any atom is 0.422 e. The molecule has 4 heterocycles. The number of alkyl halides is 3. The minimum atomic E-state index is -4.98. The van der Waals surface area contributed by atoms with Crippen molar-refractivity contribution in [1.82, 2.24) is 15.2 Å². The zero-order valence-electron chi connectivity index (χ0n) is 14.3. The van der Waals surface area contributed by atoms with Crippen LogP contribution >= 0.6 is 0 Å². The number of hydrogen-bond acceptors (Lipinski definition) is 5. The van der Waals surface area contributed by atoms with Gasteiger partial charge >= 0.3 is 6.18 Å². The molecule has 0 aromatic carbocycles. The van der Waals surface area contributed by atoms with Crippen LogP contribution in [0.1, 0.15) is 36.4 Å². The maximum atomic E-state index is 13.6. The third kappa shape index (κ3) is 2.93. The van der Waals surface area contributed by atoms with Gasteiger partial charge in [-0.05, 0) is 25.0 Å². The Hall–Kier alpha value is -2.62. The monoisotopic (exact) mass is 381 g/mol. The van der Waals surface area contributed by atoms with Crippen LogP contribution in [-0.2, 0) is 10.4 Å². The summed E-state index contributed by atoms with van der Waals surface area (Å²) in [5.74, 6) is -1.37. The second-order valence-corrected chi connectivity index (χ2v) is 6.92. The first kappa shape index (κ1) is 17.8. The van der Waals surface area contributed by atoms with Crippen LogP contribution in [0.2, 0.25) is 0 Å². The van der Waals surface area contributed by atoms with Gasteiger partial charge < -0.3 is 15.3 Å². The Balaban J connectivity index is 1.61. The zero-order chi connectivity index (χ0) is 19.2. The molecule has 4 rings (SSSR count). The van der Waals surface area contributed by atoms with Crippen LogP contribution in [-0.4, -0.2) is 45.5 Å². The van der Waals surface area contributed by atoms with Crippen molar-refractivity contribution in [3.05, 3.63) is 35.8 Å². The highest BCUT2D eigenvalue weighted by molar-refractivity contribution is 5.94. The smallest absolute Gasteiger partial charge is 0.376 e. The summed E-state index contributed by atoms with van der Waals surface area (Å²) < 4.78 is 40.8. The summed E-state index contributed by atoms with van der Waals surface area (Å²) in [6, 6.07) is 3.77. The van der Waals surface area contributed by atoms with E-state index >= 15 is 0 Å². The van der Waals surface area contributed by atoms with E-state index in [4.69, 9.17) is 0 Å². The van der Waals surface area contributed by atoms with Crippen molar-refractivity contribution in [2.75, 3.05) is 23.3 Å². The molecule has 0 saturated carbocycles. The van der Waals surface area contributed by atoms with E-state index in [1.54, 1.807) is 12.4 Å². The summed E-state index contributed by atoms with van der Waals surface area (Å²) in [7, 11) is 0. The SMILES string of the molecule is O=C1C[C@](O)(C(F)(F)F)c2c(n[nH]c2C2CCN(c3cccnc3)CC2)N1. The Labute approximate surface area is 152 Å². The minimum absolute atomic E-state index is 0.224. The first-order valence-corrected chi connectivity index (χ1v) is 8.62. The third-order valence-corrected chi connectivity index (χ3v) is 5.27. The number of aromatic nitrogens is 3. The number of hydrogen-bond donors (Lipinski definition) is 3. The number of nitrogens with one attached hydrogen (secondary N) is 2. The normalized spacial score (nSPS) is 23.9. The molecule has 3 N–H and O–H groups in total.